The summed E-state index contributed by atoms with van der Waals surface area (Å²) in [5.41, 5.74) is 1.45. The van der Waals surface area contributed by atoms with E-state index in [-0.39, 0.29) is 28.5 Å². The fraction of sp³-hybridized carbons (Fsp3) is 0.321. The molecule has 0 unspecified atom stereocenters. The summed E-state index contributed by atoms with van der Waals surface area (Å²) in [5, 5.41) is 2.78. The second kappa shape index (κ2) is 12.8. The van der Waals surface area contributed by atoms with Crippen molar-refractivity contribution >= 4 is 26.0 Å². The van der Waals surface area contributed by atoms with Gasteiger partial charge < -0.3 is 14.8 Å². The predicted molar refractivity (Wildman–Crippen MR) is 150 cm³/mol. The molecular weight excluding hydrogens is 554 g/mol. The monoisotopic (exact) mass is 587 g/mol. The summed E-state index contributed by atoms with van der Waals surface area (Å²) in [7, 11) is -4.80. The maximum atomic E-state index is 13.3. The quantitative estimate of drug-likeness (QED) is 0.333. The van der Waals surface area contributed by atoms with Crippen molar-refractivity contribution < 1.29 is 31.1 Å². The molecule has 0 aliphatic carbocycles. The lowest BCUT2D eigenvalue weighted by atomic mass is 10.1. The number of carbonyl (C=O) groups excluding carboxylic acids is 1. The summed E-state index contributed by atoms with van der Waals surface area (Å²) < 4.78 is 66.5. The molecule has 0 radical (unpaired) electrons. The van der Waals surface area contributed by atoms with Crippen molar-refractivity contribution in [2.24, 2.45) is 0 Å². The molecule has 1 heterocycles. The molecule has 2 N–H and O–H groups in total. The number of benzene rings is 3. The molecule has 1 aliphatic heterocycles. The lowest BCUT2D eigenvalue weighted by Gasteiger charge is -2.20. The van der Waals surface area contributed by atoms with Crippen LogP contribution >= 0.6 is 0 Å². The van der Waals surface area contributed by atoms with Gasteiger partial charge >= 0.3 is 0 Å². The SMILES string of the molecule is COc1ccc(S(=O)(=O)N[C@H](Cc2ccccc2)C(=O)NCc2ccc(S(=O)(=O)N3CCCC3)cc2)cc1OC. The van der Waals surface area contributed by atoms with E-state index in [1.807, 2.05) is 30.3 Å². The van der Waals surface area contributed by atoms with Gasteiger partial charge in [0.25, 0.3) is 0 Å². The van der Waals surface area contributed by atoms with Crippen LogP contribution in [0, 0.1) is 0 Å². The third-order valence-corrected chi connectivity index (χ3v) is 10.0. The van der Waals surface area contributed by atoms with Gasteiger partial charge in [-0.1, -0.05) is 42.5 Å². The number of hydrogen-bond acceptors (Lipinski definition) is 7. The zero-order chi connectivity index (χ0) is 28.8. The predicted octanol–water partition coefficient (Wildman–Crippen LogP) is 2.69. The third-order valence-electron chi connectivity index (χ3n) is 6.65. The molecule has 1 aliphatic rings. The second-order valence-corrected chi connectivity index (χ2v) is 13.0. The lowest BCUT2D eigenvalue weighted by Crippen LogP contribution is -2.47. The Labute approximate surface area is 235 Å². The Hall–Kier alpha value is -3.45. The van der Waals surface area contributed by atoms with E-state index >= 15 is 0 Å². The third kappa shape index (κ3) is 7.00. The first-order valence-corrected chi connectivity index (χ1v) is 15.7. The molecule has 3 aromatic carbocycles. The maximum Gasteiger partial charge on any atom is 0.243 e. The first-order chi connectivity index (χ1) is 19.1. The minimum atomic E-state index is -4.11. The van der Waals surface area contributed by atoms with E-state index in [2.05, 4.69) is 10.0 Å². The molecule has 1 atom stereocenters. The van der Waals surface area contributed by atoms with Crippen LogP contribution in [-0.2, 0) is 37.8 Å². The van der Waals surface area contributed by atoms with Crippen molar-refractivity contribution in [3.8, 4) is 11.5 Å². The molecule has 1 saturated heterocycles. The molecule has 0 spiro atoms. The highest BCUT2D eigenvalue weighted by molar-refractivity contribution is 7.89. The van der Waals surface area contributed by atoms with Crippen LogP contribution < -0.4 is 19.5 Å². The molecule has 1 amide bonds. The zero-order valence-corrected chi connectivity index (χ0v) is 24.0. The zero-order valence-electron chi connectivity index (χ0n) is 22.4. The van der Waals surface area contributed by atoms with Gasteiger partial charge in [-0.25, -0.2) is 16.8 Å². The van der Waals surface area contributed by atoms with Crippen LogP contribution in [0.15, 0.2) is 82.6 Å². The number of sulfonamides is 2. The highest BCUT2D eigenvalue weighted by Gasteiger charge is 2.28. The van der Waals surface area contributed by atoms with Gasteiger partial charge in [-0.05, 0) is 54.7 Å². The Bertz CT molecular complexity index is 1520. The Morgan fingerprint density at radius 3 is 2.08 bits per heavy atom. The van der Waals surface area contributed by atoms with Crippen molar-refractivity contribution in [3.63, 3.8) is 0 Å². The minimum absolute atomic E-state index is 0.0780. The largest absolute Gasteiger partial charge is 0.493 e. The summed E-state index contributed by atoms with van der Waals surface area (Å²) in [6.07, 6.45) is 1.82. The van der Waals surface area contributed by atoms with Gasteiger partial charge in [0, 0.05) is 25.7 Å². The first-order valence-electron chi connectivity index (χ1n) is 12.8. The van der Waals surface area contributed by atoms with Crippen molar-refractivity contribution in [2.45, 2.75) is 41.6 Å². The van der Waals surface area contributed by atoms with Crippen molar-refractivity contribution in [2.75, 3.05) is 27.3 Å². The standard InChI is InChI=1S/C28H33N3O7S2/c1-37-26-15-14-24(19-27(26)38-2)39(33,34)30-25(18-21-8-4-3-5-9-21)28(32)29-20-22-10-12-23(13-11-22)40(35,36)31-16-6-7-17-31/h3-5,8-15,19,25,30H,6-7,16-18,20H2,1-2H3,(H,29,32)/t25-/m1/s1. The smallest absolute Gasteiger partial charge is 0.243 e. The summed E-state index contributed by atoms with van der Waals surface area (Å²) in [4.78, 5) is 13.4. The fourth-order valence-electron chi connectivity index (χ4n) is 4.45. The van der Waals surface area contributed by atoms with Gasteiger partial charge in [-0.15, -0.1) is 0 Å². The van der Waals surface area contributed by atoms with E-state index in [0.717, 1.165) is 18.4 Å². The number of methoxy groups -OCH3 is 2. The summed E-state index contributed by atoms with van der Waals surface area (Å²) >= 11 is 0. The first kappa shape index (κ1) is 29.5. The van der Waals surface area contributed by atoms with Crippen molar-refractivity contribution in [3.05, 3.63) is 83.9 Å². The van der Waals surface area contributed by atoms with Gasteiger partial charge in [0.05, 0.1) is 24.0 Å². The normalized spacial score (nSPS) is 14.9. The molecule has 0 aromatic heterocycles. The van der Waals surface area contributed by atoms with Gasteiger partial charge in [0.1, 0.15) is 6.04 Å². The molecule has 0 saturated carbocycles. The van der Waals surface area contributed by atoms with Crippen LogP contribution in [0.3, 0.4) is 0 Å². The molecule has 40 heavy (non-hydrogen) atoms. The fourth-order valence-corrected chi connectivity index (χ4v) is 7.17. The molecule has 12 heteroatoms. The summed E-state index contributed by atoms with van der Waals surface area (Å²) in [5.74, 6) is 0.0885. The number of nitrogens with one attached hydrogen (secondary N) is 2. The van der Waals surface area contributed by atoms with Crippen LogP contribution in [0.4, 0.5) is 0 Å². The summed E-state index contributed by atoms with van der Waals surface area (Å²) in [6.45, 7) is 1.12. The Morgan fingerprint density at radius 2 is 1.45 bits per heavy atom. The average molecular weight is 588 g/mol. The van der Waals surface area contributed by atoms with E-state index in [1.54, 1.807) is 12.1 Å². The van der Waals surface area contributed by atoms with E-state index in [1.165, 1.54) is 48.9 Å². The molecular formula is C28H33N3O7S2. The number of nitrogens with zero attached hydrogens (tertiary/aromatic N) is 1. The number of hydrogen-bond donors (Lipinski definition) is 2. The summed E-state index contributed by atoms with van der Waals surface area (Å²) in [6, 6.07) is 18.5. The lowest BCUT2D eigenvalue weighted by molar-refractivity contribution is -0.122. The van der Waals surface area contributed by atoms with Gasteiger partial charge in [0.15, 0.2) is 11.5 Å². The molecule has 3 aromatic rings. The highest BCUT2D eigenvalue weighted by Crippen LogP contribution is 2.29. The Balaban J connectivity index is 1.49. The van der Waals surface area contributed by atoms with Crippen LogP contribution in [0.25, 0.3) is 0 Å². The van der Waals surface area contributed by atoms with Crippen molar-refractivity contribution in [1.29, 1.82) is 0 Å². The van der Waals surface area contributed by atoms with Crippen LogP contribution in [0.5, 0.6) is 11.5 Å². The van der Waals surface area contributed by atoms with Crippen LogP contribution in [0.2, 0.25) is 0 Å². The van der Waals surface area contributed by atoms with Gasteiger partial charge in [-0.3, -0.25) is 4.79 Å². The van der Waals surface area contributed by atoms with Crippen LogP contribution in [0.1, 0.15) is 24.0 Å². The number of carbonyl (C=O) groups is 1. The van der Waals surface area contributed by atoms with E-state index in [4.69, 9.17) is 9.47 Å². The van der Waals surface area contributed by atoms with E-state index < -0.39 is 32.0 Å². The molecule has 4 rings (SSSR count). The van der Waals surface area contributed by atoms with Gasteiger partial charge in [0.2, 0.25) is 26.0 Å². The molecule has 214 valence electrons. The van der Waals surface area contributed by atoms with Crippen molar-refractivity contribution in [1.82, 2.24) is 14.3 Å². The topological polar surface area (TPSA) is 131 Å². The van der Waals surface area contributed by atoms with Crippen LogP contribution in [-0.4, -0.2) is 60.4 Å². The molecule has 0 bridgehead atoms. The molecule has 10 nitrogen and oxygen atoms in total. The van der Waals surface area contributed by atoms with E-state index in [9.17, 15) is 21.6 Å². The maximum absolute atomic E-state index is 13.3. The number of ether oxygens (including phenoxy) is 2. The number of amides is 1. The second-order valence-electron chi connectivity index (χ2n) is 9.35. The number of rotatable bonds is 12. The Kier molecular flexibility index (Phi) is 9.46. The van der Waals surface area contributed by atoms with Gasteiger partial charge in [-0.2, -0.15) is 9.03 Å². The minimum Gasteiger partial charge on any atom is -0.493 e. The Morgan fingerprint density at radius 1 is 0.825 bits per heavy atom. The highest BCUT2D eigenvalue weighted by atomic mass is 32.2. The van der Waals surface area contributed by atoms with E-state index in [0.29, 0.717) is 24.4 Å². The average Bonchev–Trinajstić information content (AvgIpc) is 3.52. The molecule has 1 fully saturated rings.